The Hall–Kier alpha value is -1.78. The molecule has 1 saturated carbocycles. The number of amides is 2. The van der Waals surface area contributed by atoms with Crippen molar-refractivity contribution in [2.75, 3.05) is 25.0 Å². The first kappa shape index (κ1) is 12.3. The van der Waals surface area contributed by atoms with Crippen LogP contribution in [0.15, 0.2) is 24.4 Å². The summed E-state index contributed by atoms with van der Waals surface area (Å²) in [6, 6.07) is 6.20. The van der Waals surface area contributed by atoms with Gasteiger partial charge in [-0.15, -0.1) is 0 Å². The number of anilines is 1. The monoisotopic (exact) mass is 260 g/mol. The maximum Gasteiger partial charge on any atom is 0.317 e. The van der Waals surface area contributed by atoms with Crippen LogP contribution in [0.2, 0.25) is 0 Å². The Balaban J connectivity index is 1.45. The number of hydrogen-bond donors (Lipinski definition) is 2. The SMILES string of the molecule is O=C(NCC1CC1)N1CCC(Nc2ccccn2)C1. The second kappa shape index (κ2) is 5.47. The number of nitrogens with one attached hydrogen (secondary N) is 2. The Kier molecular flexibility index (Phi) is 3.53. The van der Waals surface area contributed by atoms with Crippen LogP contribution in [0.4, 0.5) is 10.6 Å². The average Bonchev–Trinajstić information content (AvgIpc) is 3.16. The summed E-state index contributed by atoms with van der Waals surface area (Å²) in [4.78, 5) is 18.1. The molecular weight excluding hydrogens is 240 g/mol. The van der Waals surface area contributed by atoms with E-state index in [4.69, 9.17) is 0 Å². The van der Waals surface area contributed by atoms with Gasteiger partial charge < -0.3 is 15.5 Å². The van der Waals surface area contributed by atoms with Crippen molar-refractivity contribution >= 4 is 11.8 Å². The van der Waals surface area contributed by atoms with Gasteiger partial charge in [-0.1, -0.05) is 6.07 Å². The number of nitrogens with zero attached hydrogens (tertiary/aromatic N) is 2. The average molecular weight is 260 g/mol. The van der Waals surface area contributed by atoms with Gasteiger partial charge in [-0.3, -0.25) is 0 Å². The Bertz CT molecular complexity index is 432. The first-order valence-corrected chi connectivity index (χ1v) is 7.01. The van der Waals surface area contributed by atoms with Crippen molar-refractivity contribution in [2.24, 2.45) is 5.92 Å². The molecule has 2 amide bonds. The van der Waals surface area contributed by atoms with E-state index < -0.39 is 0 Å². The molecule has 1 atom stereocenters. The predicted molar refractivity (Wildman–Crippen MR) is 74.0 cm³/mol. The van der Waals surface area contributed by atoms with Gasteiger partial charge in [0, 0.05) is 31.9 Å². The lowest BCUT2D eigenvalue weighted by Crippen LogP contribution is -2.40. The van der Waals surface area contributed by atoms with Gasteiger partial charge in [0.2, 0.25) is 0 Å². The van der Waals surface area contributed by atoms with E-state index in [0.29, 0.717) is 6.04 Å². The molecule has 1 aliphatic heterocycles. The van der Waals surface area contributed by atoms with E-state index in [2.05, 4.69) is 15.6 Å². The van der Waals surface area contributed by atoms with E-state index in [0.717, 1.165) is 37.8 Å². The molecule has 0 spiro atoms. The molecule has 1 aromatic heterocycles. The lowest BCUT2D eigenvalue weighted by atomic mass is 10.2. The third kappa shape index (κ3) is 3.36. The fraction of sp³-hybridized carbons (Fsp3) is 0.571. The highest BCUT2D eigenvalue weighted by Gasteiger charge is 2.28. The summed E-state index contributed by atoms with van der Waals surface area (Å²) in [6.07, 6.45) is 5.29. The zero-order valence-electron chi connectivity index (χ0n) is 11.0. The molecule has 1 aliphatic carbocycles. The van der Waals surface area contributed by atoms with Gasteiger partial charge >= 0.3 is 6.03 Å². The largest absolute Gasteiger partial charge is 0.365 e. The van der Waals surface area contributed by atoms with Crippen LogP contribution in [0.25, 0.3) is 0 Å². The number of carbonyl (C=O) groups excluding carboxylic acids is 1. The third-order valence-electron chi connectivity index (χ3n) is 3.73. The van der Waals surface area contributed by atoms with Crippen LogP contribution in [0, 0.1) is 5.92 Å². The molecule has 5 nitrogen and oxygen atoms in total. The molecular formula is C14H20N4O. The molecule has 1 aromatic rings. The number of rotatable bonds is 4. The molecule has 0 aromatic carbocycles. The lowest BCUT2D eigenvalue weighted by Gasteiger charge is -2.18. The van der Waals surface area contributed by atoms with Gasteiger partial charge in [0.05, 0.1) is 0 Å². The number of aromatic nitrogens is 1. The van der Waals surface area contributed by atoms with Crippen molar-refractivity contribution in [3.05, 3.63) is 24.4 Å². The molecule has 2 aliphatic rings. The topological polar surface area (TPSA) is 57.3 Å². The van der Waals surface area contributed by atoms with Crippen LogP contribution in [-0.4, -0.2) is 41.6 Å². The zero-order valence-corrected chi connectivity index (χ0v) is 11.0. The van der Waals surface area contributed by atoms with Crippen LogP contribution < -0.4 is 10.6 Å². The molecule has 0 radical (unpaired) electrons. The molecule has 2 heterocycles. The summed E-state index contributed by atoms with van der Waals surface area (Å²) < 4.78 is 0. The summed E-state index contributed by atoms with van der Waals surface area (Å²) in [6.45, 7) is 2.42. The van der Waals surface area contributed by atoms with Crippen LogP contribution in [-0.2, 0) is 0 Å². The number of urea groups is 1. The molecule has 1 unspecified atom stereocenters. The van der Waals surface area contributed by atoms with Crippen molar-refractivity contribution < 1.29 is 4.79 Å². The second-order valence-corrected chi connectivity index (χ2v) is 5.42. The molecule has 19 heavy (non-hydrogen) atoms. The van der Waals surface area contributed by atoms with Crippen LogP contribution in [0.5, 0.6) is 0 Å². The highest BCUT2D eigenvalue weighted by atomic mass is 16.2. The maximum atomic E-state index is 11.9. The minimum absolute atomic E-state index is 0.0808. The van der Waals surface area contributed by atoms with E-state index in [1.165, 1.54) is 12.8 Å². The van der Waals surface area contributed by atoms with Crippen molar-refractivity contribution in [1.29, 1.82) is 0 Å². The Morgan fingerprint density at radius 3 is 3.00 bits per heavy atom. The van der Waals surface area contributed by atoms with Crippen LogP contribution in [0.3, 0.4) is 0 Å². The van der Waals surface area contributed by atoms with Crippen LogP contribution in [0.1, 0.15) is 19.3 Å². The molecule has 102 valence electrons. The Labute approximate surface area is 113 Å². The van der Waals surface area contributed by atoms with Gasteiger partial charge in [-0.25, -0.2) is 9.78 Å². The highest BCUT2D eigenvalue weighted by molar-refractivity contribution is 5.74. The zero-order chi connectivity index (χ0) is 13.1. The van der Waals surface area contributed by atoms with E-state index in [-0.39, 0.29) is 6.03 Å². The standard InChI is InChI=1S/C14H20N4O/c19-14(16-9-11-4-5-11)18-8-6-12(10-18)17-13-3-1-2-7-15-13/h1-3,7,11-12H,4-6,8-10H2,(H,15,17)(H,16,19). The summed E-state index contributed by atoms with van der Waals surface area (Å²) in [5, 5.41) is 6.38. The third-order valence-corrected chi connectivity index (χ3v) is 3.73. The van der Waals surface area contributed by atoms with E-state index >= 15 is 0 Å². The van der Waals surface area contributed by atoms with Crippen molar-refractivity contribution in [2.45, 2.75) is 25.3 Å². The first-order chi connectivity index (χ1) is 9.31. The molecule has 1 saturated heterocycles. The van der Waals surface area contributed by atoms with Crippen molar-refractivity contribution in [3.8, 4) is 0 Å². The normalized spacial score (nSPS) is 22.3. The van der Waals surface area contributed by atoms with Crippen molar-refractivity contribution in [3.63, 3.8) is 0 Å². The fourth-order valence-electron chi connectivity index (χ4n) is 2.39. The van der Waals surface area contributed by atoms with Gasteiger partial charge in [0.15, 0.2) is 0 Å². The Morgan fingerprint density at radius 2 is 2.26 bits per heavy atom. The highest BCUT2D eigenvalue weighted by Crippen LogP contribution is 2.27. The summed E-state index contributed by atoms with van der Waals surface area (Å²) in [7, 11) is 0. The summed E-state index contributed by atoms with van der Waals surface area (Å²) >= 11 is 0. The molecule has 3 rings (SSSR count). The number of pyridine rings is 1. The molecule has 5 heteroatoms. The van der Waals surface area contributed by atoms with Gasteiger partial charge in [-0.2, -0.15) is 0 Å². The summed E-state index contributed by atoms with van der Waals surface area (Å²) in [5.41, 5.74) is 0. The van der Waals surface area contributed by atoms with Gasteiger partial charge in [0.25, 0.3) is 0 Å². The number of hydrogen-bond acceptors (Lipinski definition) is 3. The van der Waals surface area contributed by atoms with E-state index in [9.17, 15) is 4.79 Å². The van der Waals surface area contributed by atoms with Gasteiger partial charge in [-0.05, 0) is 37.3 Å². The second-order valence-electron chi connectivity index (χ2n) is 5.42. The first-order valence-electron chi connectivity index (χ1n) is 7.01. The Morgan fingerprint density at radius 1 is 1.37 bits per heavy atom. The molecule has 0 bridgehead atoms. The number of likely N-dealkylation sites (tertiary alicyclic amines) is 1. The lowest BCUT2D eigenvalue weighted by molar-refractivity contribution is 0.208. The quantitative estimate of drug-likeness (QED) is 0.866. The van der Waals surface area contributed by atoms with Gasteiger partial charge in [0.1, 0.15) is 5.82 Å². The summed E-state index contributed by atoms with van der Waals surface area (Å²) in [5.74, 6) is 1.61. The maximum absolute atomic E-state index is 11.9. The van der Waals surface area contributed by atoms with Crippen molar-refractivity contribution in [1.82, 2.24) is 15.2 Å². The fourth-order valence-corrected chi connectivity index (χ4v) is 2.39. The van der Waals surface area contributed by atoms with E-state index in [1.807, 2.05) is 23.1 Å². The molecule has 2 N–H and O–H groups in total. The number of carbonyl (C=O) groups is 1. The predicted octanol–water partition coefficient (Wildman–Crippen LogP) is 1.69. The van der Waals surface area contributed by atoms with Crippen LogP contribution >= 0.6 is 0 Å². The smallest absolute Gasteiger partial charge is 0.317 e. The minimum atomic E-state index is 0.0808. The van der Waals surface area contributed by atoms with E-state index in [1.54, 1.807) is 6.20 Å². The molecule has 2 fully saturated rings. The minimum Gasteiger partial charge on any atom is -0.365 e.